The second-order valence-electron chi connectivity index (χ2n) is 5.73. The summed E-state index contributed by atoms with van der Waals surface area (Å²) in [5.41, 5.74) is 1.62. The average Bonchev–Trinajstić information content (AvgIpc) is 2.79. The SMILES string of the molecule is CCCC1(O)CN(C(=O)C2Cc3ccccc3N2)C1. The molecule has 1 saturated heterocycles. The highest BCUT2D eigenvalue weighted by Gasteiger charge is 2.45. The van der Waals surface area contributed by atoms with E-state index in [-0.39, 0.29) is 11.9 Å². The lowest BCUT2D eigenvalue weighted by atomic mass is 9.88. The number of fused-ring (bicyclic) bond motifs is 1. The lowest BCUT2D eigenvalue weighted by Crippen LogP contribution is -2.65. The molecular weight excluding hydrogens is 240 g/mol. The number of benzene rings is 1. The van der Waals surface area contributed by atoms with Crippen LogP contribution in [-0.2, 0) is 11.2 Å². The molecule has 0 aliphatic carbocycles. The summed E-state index contributed by atoms with van der Waals surface area (Å²) >= 11 is 0. The summed E-state index contributed by atoms with van der Waals surface area (Å²) in [6, 6.07) is 7.87. The number of para-hydroxylation sites is 1. The number of amides is 1. The molecule has 1 aromatic rings. The van der Waals surface area contributed by atoms with Gasteiger partial charge in [0.2, 0.25) is 5.91 Å². The molecule has 102 valence electrons. The van der Waals surface area contributed by atoms with E-state index in [0.717, 1.165) is 24.9 Å². The van der Waals surface area contributed by atoms with Crippen molar-refractivity contribution >= 4 is 11.6 Å². The highest BCUT2D eigenvalue weighted by atomic mass is 16.3. The Bertz CT molecular complexity index is 470. The third-order valence-corrected chi connectivity index (χ3v) is 4.07. The minimum atomic E-state index is -0.643. The van der Waals surface area contributed by atoms with Crippen LogP contribution in [0.2, 0.25) is 0 Å². The van der Waals surface area contributed by atoms with Gasteiger partial charge in [0.15, 0.2) is 0 Å². The van der Waals surface area contributed by atoms with Gasteiger partial charge in [-0.25, -0.2) is 0 Å². The Labute approximate surface area is 113 Å². The van der Waals surface area contributed by atoms with Crippen molar-refractivity contribution in [3.8, 4) is 0 Å². The number of β-amino-alcohol motifs (C(OH)–C–C–N with tert-alkyl or cyclic N) is 1. The number of likely N-dealkylation sites (tertiary alicyclic amines) is 1. The first-order chi connectivity index (χ1) is 9.11. The summed E-state index contributed by atoms with van der Waals surface area (Å²) in [6.45, 7) is 3.01. The number of nitrogens with zero attached hydrogens (tertiary/aromatic N) is 1. The second kappa shape index (κ2) is 4.53. The van der Waals surface area contributed by atoms with Gasteiger partial charge in [-0.1, -0.05) is 31.5 Å². The zero-order valence-electron chi connectivity index (χ0n) is 11.2. The number of aliphatic hydroxyl groups is 1. The monoisotopic (exact) mass is 260 g/mol. The van der Waals surface area contributed by atoms with E-state index in [1.807, 2.05) is 18.2 Å². The molecule has 0 saturated carbocycles. The van der Waals surface area contributed by atoms with E-state index < -0.39 is 5.60 Å². The van der Waals surface area contributed by atoms with Gasteiger partial charge in [0.25, 0.3) is 0 Å². The smallest absolute Gasteiger partial charge is 0.245 e. The van der Waals surface area contributed by atoms with Crippen LogP contribution in [0.15, 0.2) is 24.3 Å². The first-order valence-electron chi connectivity index (χ1n) is 6.97. The maximum Gasteiger partial charge on any atom is 0.245 e. The summed E-state index contributed by atoms with van der Waals surface area (Å²) in [7, 11) is 0. The third kappa shape index (κ3) is 2.21. The van der Waals surface area contributed by atoms with Crippen molar-refractivity contribution in [3.05, 3.63) is 29.8 Å². The fraction of sp³-hybridized carbons (Fsp3) is 0.533. The van der Waals surface area contributed by atoms with Crippen LogP contribution in [0.25, 0.3) is 0 Å². The number of hydrogen-bond acceptors (Lipinski definition) is 3. The molecule has 2 heterocycles. The Morgan fingerprint density at radius 3 is 2.89 bits per heavy atom. The lowest BCUT2D eigenvalue weighted by molar-refractivity contribution is -0.157. The highest BCUT2D eigenvalue weighted by molar-refractivity contribution is 5.88. The van der Waals surface area contributed by atoms with Crippen molar-refractivity contribution < 1.29 is 9.90 Å². The molecular formula is C15H20N2O2. The molecule has 4 heteroatoms. The van der Waals surface area contributed by atoms with E-state index in [0.29, 0.717) is 13.1 Å². The maximum absolute atomic E-state index is 12.3. The van der Waals surface area contributed by atoms with Crippen molar-refractivity contribution in [2.75, 3.05) is 18.4 Å². The zero-order chi connectivity index (χ0) is 13.5. The molecule has 1 fully saturated rings. The molecule has 19 heavy (non-hydrogen) atoms. The minimum absolute atomic E-state index is 0.108. The van der Waals surface area contributed by atoms with Gasteiger partial charge < -0.3 is 15.3 Å². The first kappa shape index (κ1) is 12.5. The van der Waals surface area contributed by atoms with Gasteiger partial charge in [-0.15, -0.1) is 0 Å². The highest BCUT2D eigenvalue weighted by Crippen LogP contribution is 2.30. The average molecular weight is 260 g/mol. The van der Waals surface area contributed by atoms with Crippen molar-refractivity contribution in [2.24, 2.45) is 0 Å². The van der Waals surface area contributed by atoms with Crippen LogP contribution in [0.5, 0.6) is 0 Å². The van der Waals surface area contributed by atoms with Crippen LogP contribution in [-0.4, -0.2) is 40.6 Å². The van der Waals surface area contributed by atoms with E-state index in [2.05, 4.69) is 18.3 Å². The van der Waals surface area contributed by atoms with Gasteiger partial charge in [-0.3, -0.25) is 4.79 Å². The standard InChI is InChI=1S/C15H20N2O2/c1-2-7-15(19)9-17(10-15)14(18)13-8-11-5-3-4-6-12(11)16-13/h3-6,13,16,19H,2,7-10H2,1H3. The van der Waals surface area contributed by atoms with Crippen LogP contribution >= 0.6 is 0 Å². The molecule has 2 N–H and O–H groups in total. The number of anilines is 1. The summed E-state index contributed by atoms with van der Waals surface area (Å²) < 4.78 is 0. The van der Waals surface area contributed by atoms with Gasteiger partial charge >= 0.3 is 0 Å². The fourth-order valence-electron chi connectivity index (χ4n) is 3.11. The Hall–Kier alpha value is -1.55. The molecule has 3 rings (SSSR count). The van der Waals surface area contributed by atoms with E-state index in [9.17, 15) is 9.90 Å². The van der Waals surface area contributed by atoms with Crippen molar-refractivity contribution in [2.45, 2.75) is 37.8 Å². The summed E-state index contributed by atoms with van der Waals surface area (Å²) in [4.78, 5) is 14.1. The van der Waals surface area contributed by atoms with Crippen LogP contribution < -0.4 is 5.32 Å². The molecule has 4 nitrogen and oxygen atoms in total. The molecule has 1 atom stereocenters. The molecule has 1 unspecified atom stereocenters. The third-order valence-electron chi connectivity index (χ3n) is 4.07. The Kier molecular flexibility index (Phi) is 2.97. The van der Waals surface area contributed by atoms with Crippen LogP contribution in [0.4, 0.5) is 5.69 Å². The van der Waals surface area contributed by atoms with Gasteiger partial charge in [0.1, 0.15) is 6.04 Å². The van der Waals surface area contributed by atoms with E-state index in [1.54, 1.807) is 4.90 Å². The number of hydrogen-bond donors (Lipinski definition) is 2. The normalized spacial score (nSPS) is 23.5. The first-order valence-corrected chi connectivity index (χ1v) is 6.97. The molecule has 1 amide bonds. The topological polar surface area (TPSA) is 52.6 Å². The number of nitrogens with one attached hydrogen (secondary N) is 1. The van der Waals surface area contributed by atoms with Gasteiger partial charge in [0, 0.05) is 12.1 Å². The molecule has 0 radical (unpaired) electrons. The maximum atomic E-state index is 12.3. The van der Waals surface area contributed by atoms with E-state index >= 15 is 0 Å². The van der Waals surface area contributed by atoms with Gasteiger partial charge in [-0.2, -0.15) is 0 Å². The van der Waals surface area contributed by atoms with Crippen molar-refractivity contribution in [3.63, 3.8) is 0 Å². The molecule has 0 aromatic heterocycles. The number of rotatable bonds is 3. The molecule has 2 aliphatic heterocycles. The molecule has 2 aliphatic rings. The quantitative estimate of drug-likeness (QED) is 0.863. The van der Waals surface area contributed by atoms with Crippen LogP contribution in [0.3, 0.4) is 0 Å². The van der Waals surface area contributed by atoms with E-state index in [4.69, 9.17) is 0 Å². The Morgan fingerprint density at radius 1 is 1.47 bits per heavy atom. The predicted octanol–water partition coefficient (Wildman–Crippen LogP) is 1.40. The van der Waals surface area contributed by atoms with Crippen molar-refractivity contribution in [1.82, 2.24) is 4.90 Å². The van der Waals surface area contributed by atoms with E-state index in [1.165, 1.54) is 5.56 Å². The summed E-state index contributed by atoms with van der Waals surface area (Å²) in [6.07, 6.45) is 2.47. The number of carbonyl (C=O) groups excluding carboxylic acids is 1. The fourth-order valence-corrected chi connectivity index (χ4v) is 3.11. The molecule has 0 spiro atoms. The van der Waals surface area contributed by atoms with Gasteiger partial charge in [-0.05, 0) is 18.1 Å². The largest absolute Gasteiger partial charge is 0.386 e. The predicted molar refractivity (Wildman–Crippen MR) is 74.0 cm³/mol. The summed E-state index contributed by atoms with van der Waals surface area (Å²) in [5, 5.41) is 13.4. The number of carbonyl (C=O) groups is 1. The second-order valence-corrected chi connectivity index (χ2v) is 5.73. The summed E-state index contributed by atoms with van der Waals surface area (Å²) in [5.74, 6) is 0.108. The molecule has 1 aromatic carbocycles. The Balaban J connectivity index is 1.60. The van der Waals surface area contributed by atoms with Crippen LogP contribution in [0.1, 0.15) is 25.3 Å². The van der Waals surface area contributed by atoms with Crippen LogP contribution in [0, 0.1) is 0 Å². The minimum Gasteiger partial charge on any atom is -0.386 e. The van der Waals surface area contributed by atoms with Gasteiger partial charge in [0.05, 0.1) is 18.7 Å². The van der Waals surface area contributed by atoms with Crippen molar-refractivity contribution in [1.29, 1.82) is 0 Å². The zero-order valence-corrected chi connectivity index (χ0v) is 11.2. The Morgan fingerprint density at radius 2 is 2.21 bits per heavy atom. The lowest BCUT2D eigenvalue weighted by Gasteiger charge is -2.47. The molecule has 0 bridgehead atoms.